The summed E-state index contributed by atoms with van der Waals surface area (Å²) in [6, 6.07) is 2.03. The molecule has 1 N–H and O–H groups in total. The van der Waals surface area contributed by atoms with Gasteiger partial charge in [-0.2, -0.15) is 0 Å². The maximum atomic E-state index is 8.78. The molecule has 2 heterocycles. The van der Waals surface area contributed by atoms with E-state index in [2.05, 4.69) is 22.7 Å². The van der Waals surface area contributed by atoms with E-state index >= 15 is 0 Å². The third-order valence-corrected chi connectivity index (χ3v) is 2.44. The molecule has 0 saturated carbocycles. The van der Waals surface area contributed by atoms with E-state index in [0.717, 1.165) is 18.5 Å². The molecule has 0 atom stereocenters. The molecule has 2 aromatic heterocycles. The second-order valence-corrected chi connectivity index (χ2v) is 3.48. The number of fused-ring (bicyclic) bond motifs is 1. The van der Waals surface area contributed by atoms with E-state index < -0.39 is 0 Å². The minimum atomic E-state index is 0.235. The Labute approximate surface area is 83.0 Å². The van der Waals surface area contributed by atoms with Crippen LogP contribution in [0.3, 0.4) is 0 Å². The summed E-state index contributed by atoms with van der Waals surface area (Å²) in [5.41, 5.74) is 2.42. The second kappa shape index (κ2) is 3.80. The molecule has 0 aromatic carbocycles. The standard InChI is InChI=1S/C11H14N2O/c1-9-8-13(5-2-6-14)11-7-12-4-3-10(9)11/h3-4,7-8,14H,2,5-6H2,1H3. The molecule has 3 heteroatoms. The van der Waals surface area contributed by atoms with Gasteiger partial charge in [-0.05, 0) is 25.0 Å². The highest BCUT2D eigenvalue weighted by Gasteiger charge is 2.03. The van der Waals surface area contributed by atoms with E-state index in [9.17, 15) is 0 Å². The molecule has 0 bridgehead atoms. The van der Waals surface area contributed by atoms with Crippen LogP contribution in [0.1, 0.15) is 12.0 Å². The van der Waals surface area contributed by atoms with Gasteiger partial charge in [-0.3, -0.25) is 4.98 Å². The van der Waals surface area contributed by atoms with Crippen molar-refractivity contribution in [3.05, 3.63) is 30.2 Å². The van der Waals surface area contributed by atoms with Crippen molar-refractivity contribution < 1.29 is 5.11 Å². The molecule has 0 spiro atoms. The minimum absolute atomic E-state index is 0.235. The number of aliphatic hydroxyl groups excluding tert-OH is 1. The van der Waals surface area contributed by atoms with Gasteiger partial charge >= 0.3 is 0 Å². The molecule has 74 valence electrons. The number of aryl methyl sites for hydroxylation is 2. The SMILES string of the molecule is Cc1cn(CCCO)c2cnccc12. The summed E-state index contributed by atoms with van der Waals surface area (Å²) in [7, 11) is 0. The van der Waals surface area contributed by atoms with Gasteiger partial charge in [0.25, 0.3) is 0 Å². The van der Waals surface area contributed by atoms with Crippen LogP contribution in [0.4, 0.5) is 0 Å². The molecule has 0 aliphatic heterocycles. The van der Waals surface area contributed by atoms with Crippen LogP contribution in [0, 0.1) is 6.92 Å². The van der Waals surface area contributed by atoms with E-state index in [-0.39, 0.29) is 6.61 Å². The zero-order valence-electron chi connectivity index (χ0n) is 8.27. The summed E-state index contributed by atoms with van der Waals surface area (Å²) in [6.07, 6.45) is 6.59. The van der Waals surface area contributed by atoms with Gasteiger partial charge in [0.2, 0.25) is 0 Å². The molecule has 0 aliphatic rings. The smallest absolute Gasteiger partial charge is 0.0669 e. The first-order valence-corrected chi connectivity index (χ1v) is 4.83. The number of aromatic nitrogens is 2. The van der Waals surface area contributed by atoms with Crippen LogP contribution in [0.15, 0.2) is 24.7 Å². The topological polar surface area (TPSA) is 38.0 Å². The van der Waals surface area contributed by atoms with E-state index in [1.807, 2.05) is 18.5 Å². The maximum absolute atomic E-state index is 8.78. The zero-order chi connectivity index (χ0) is 9.97. The Hall–Kier alpha value is -1.35. The molecule has 0 saturated heterocycles. The third-order valence-electron chi connectivity index (χ3n) is 2.44. The molecule has 0 amide bonds. The van der Waals surface area contributed by atoms with Crippen molar-refractivity contribution in [2.45, 2.75) is 19.9 Å². The molecule has 2 aromatic rings. The minimum Gasteiger partial charge on any atom is -0.396 e. The molecule has 0 unspecified atom stereocenters. The van der Waals surface area contributed by atoms with Crippen LogP contribution in [0.2, 0.25) is 0 Å². The molecule has 14 heavy (non-hydrogen) atoms. The van der Waals surface area contributed by atoms with Crippen LogP contribution in [0.5, 0.6) is 0 Å². The summed E-state index contributed by atoms with van der Waals surface area (Å²) in [6.45, 7) is 3.18. The fourth-order valence-corrected chi connectivity index (χ4v) is 1.75. The number of rotatable bonds is 3. The Kier molecular flexibility index (Phi) is 2.50. The number of nitrogens with zero attached hydrogens (tertiary/aromatic N) is 2. The van der Waals surface area contributed by atoms with Crippen molar-refractivity contribution in [1.82, 2.24) is 9.55 Å². The van der Waals surface area contributed by atoms with Crippen molar-refractivity contribution in [2.24, 2.45) is 0 Å². The summed E-state index contributed by atoms with van der Waals surface area (Å²) >= 11 is 0. The Morgan fingerprint density at radius 3 is 3.14 bits per heavy atom. The number of aliphatic hydroxyl groups is 1. The van der Waals surface area contributed by atoms with Gasteiger partial charge in [0.15, 0.2) is 0 Å². The largest absolute Gasteiger partial charge is 0.396 e. The fourth-order valence-electron chi connectivity index (χ4n) is 1.75. The lowest BCUT2D eigenvalue weighted by atomic mass is 10.2. The van der Waals surface area contributed by atoms with Crippen molar-refractivity contribution in [1.29, 1.82) is 0 Å². The molecule has 0 radical (unpaired) electrons. The Balaban J connectivity index is 2.44. The molecule has 0 fully saturated rings. The average molecular weight is 190 g/mol. The first-order valence-electron chi connectivity index (χ1n) is 4.83. The summed E-state index contributed by atoms with van der Waals surface area (Å²) in [5, 5.41) is 10.0. The number of hydrogen-bond donors (Lipinski definition) is 1. The molecule has 2 rings (SSSR count). The number of pyridine rings is 1. The van der Waals surface area contributed by atoms with Crippen molar-refractivity contribution >= 4 is 10.9 Å². The van der Waals surface area contributed by atoms with E-state index in [0.29, 0.717) is 0 Å². The van der Waals surface area contributed by atoms with Gasteiger partial charge in [-0.25, -0.2) is 0 Å². The summed E-state index contributed by atoms with van der Waals surface area (Å²) in [5.74, 6) is 0. The third kappa shape index (κ3) is 1.51. The van der Waals surface area contributed by atoms with Gasteiger partial charge in [-0.15, -0.1) is 0 Å². The lowest BCUT2D eigenvalue weighted by molar-refractivity contribution is 0.280. The first-order chi connectivity index (χ1) is 6.83. The van der Waals surface area contributed by atoms with Crippen molar-refractivity contribution in [3.63, 3.8) is 0 Å². The highest BCUT2D eigenvalue weighted by atomic mass is 16.3. The highest BCUT2D eigenvalue weighted by molar-refractivity contribution is 5.82. The summed E-state index contributed by atoms with van der Waals surface area (Å²) in [4.78, 5) is 4.11. The zero-order valence-corrected chi connectivity index (χ0v) is 8.27. The van der Waals surface area contributed by atoms with E-state index in [4.69, 9.17) is 5.11 Å². The van der Waals surface area contributed by atoms with Crippen molar-refractivity contribution in [2.75, 3.05) is 6.61 Å². The van der Waals surface area contributed by atoms with Gasteiger partial charge in [0.05, 0.1) is 11.7 Å². The van der Waals surface area contributed by atoms with Crippen LogP contribution >= 0.6 is 0 Å². The van der Waals surface area contributed by atoms with E-state index in [1.54, 1.807) is 0 Å². The van der Waals surface area contributed by atoms with Crippen LogP contribution in [-0.4, -0.2) is 21.3 Å². The predicted molar refractivity (Wildman–Crippen MR) is 56.2 cm³/mol. The van der Waals surface area contributed by atoms with E-state index in [1.165, 1.54) is 10.9 Å². The summed E-state index contributed by atoms with van der Waals surface area (Å²) < 4.78 is 2.15. The second-order valence-electron chi connectivity index (χ2n) is 3.48. The van der Waals surface area contributed by atoms with Gasteiger partial charge in [0.1, 0.15) is 0 Å². The Morgan fingerprint density at radius 1 is 1.50 bits per heavy atom. The quantitative estimate of drug-likeness (QED) is 0.800. The van der Waals surface area contributed by atoms with Gasteiger partial charge in [0, 0.05) is 30.9 Å². The molecule has 3 nitrogen and oxygen atoms in total. The average Bonchev–Trinajstić information content (AvgIpc) is 2.54. The highest BCUT2D eigenvalue weighted by Crippen LogP contribution is 2.19. The van der Waals surface area contributed by atoms with Crippen LogP contribution in [-0.2, 0) is 6.54 Å². The number of hydrogen-bond acceptors (Lipinski definition) is 2. The fraction of sp³-hybridized carbons (Fsp3) is 0.364. The lowest BCUT2D eigenvalue weighted by Crippen LogP contribution is -1.98. The molecular formula is C11H14N2O. The predicted octanol–water partition coefficient (Wildman–Crippen LogP) is 1.73. The van der Waals surface area contributed by atoms with Gasteiger partial charge in [-0.1, -0.05) is 0 Å². The Bertz CT molecular complexity index is 434. The Morgan fingerprint density at radius 2 is 2.36 bits per heavy atom. The normalized spacial score (nSPS) is 11.0. The monoisotopic (exact) mass is 190 g/mol. The molecular weight excluding hydrogens is 176 g/mol. The van der Waals surface area contributed by atoms with Crippen LogP contribution in [0.25, 0.3) is 10.9 Å². The van der Waals surface area contributed by atoms with Crippen LogP contribution < -0.4 is 0 Å². The van der Waals surface area contributed by atoms with Gasteiger partial charge < -0.3 is 9.67 Å². The molecule has 0 aliphatic carbocycles. The first kappa shape index (κ1) is 9.21. The maximum Gasteiger partial charge on any atom is 0.0669 e. The lowest BCUT2D eigenvalue weighted by Gasteiger charge is -2.02. The van der Waals surface area contributed by atoms with Crippen molar-refractivity contribution in [3.8, 4) is 0 Å².